The molecule has 0 saturated carbocycles. The van der Waals surface area contributed by atoms with Gasteiger partial charge in [0.1, 0.15) is 5.75 Å². The molecule has 4 heteroatoms. The second kappa shape index (κ2) is 8.47. The second-order valence-corrected chi connectivity index (χ2v) is 6.64. The molecule has 0 aliphatic rings. The van der Waals surface area contributed by atoms with E-state index >= 15 is 0 Å². The van der Waals surface area contributed by atoms with Crippen LogP contribution in [0.3, 0.4) is 0 Å². The van der Waals surface area contributed by atoms with Crippen LogP contribution in [0.2, 0.25) is 0 Å². The highest BCUT2D eigenvalue weighted by Crippen LogP contribution is 2.17. The summed E-state index contributed by atoms with van der Waals surface area (Å²) >= 11 is 0. The molecule has 1 atom stereocenters. The van der Waals surface area contributed by atoms with Gasteiger partial charge in [0.05, 0.1) is 6.21 Å². The highest BCUT2D eigenvalue weighted by Gasteiger charge is 2.14. The van der Waals surface area contributed by atoms with Crippen molar-refractivity contribution in [2.45, 2.75) is 46.6 Å². The van der Waals surface area contributed by atoms with Crippen LogP contribution in [0, 0.1) is 13.8 Å². The molecule has 0 aromatic heterocycles. The molecule has 2 rings (SSSR count). The molecular formula is C21H26N2O2. The minimum atomic E-state index is -0.623. The number of nitrogens with zero attached hydrogens (tertiary/aromatic N) is 1. The zero-order valence-corrected chi connectivity index (χ0v) is 15.5. The number of hydrazone groups is 1. The lowest BCUT2D eigenvalue weighted by molar-refractivity contribution is -0.127. The smallest absolute Gasteiger partial charge is 0.280 e. The van der Waals surface area contributed by atoms with Crippen LogP contribution in [0.5, 0.6) is 5.75 Å². The number of benzene rings is 2. The zero-order valence-electron chi connectivity index (χ0n) is 15.5. The maximum Gasteiger partial charge on any atom is 0.280 e. The van der Waals surface area contributed by atoms with Crippen LogP contribution in [0.1, 0.15) is 48.9 Å². The minimum Gasteiger partial charge on any atom is -0.481 e. The van der Waals surface area contributed by atoms with E-state index in [0.29, 0.717) is 11.7 Å². The average Bonchev–Trinajstić information content (AvgIpc) is 2.54. The Hall–Kier alpha value is -2.62. The molecule has 0 radical (unpaired) electrons. The van der Waals surface area contributed by atoms with Crippen LogP contribution in [0.25, 0.3) is 0 Å². The zero-order chi connectivity index (χ0) is 18.4. The summed E-state index contributed by atoms with van der Waals surface area (Å²) in [7, 11) is 0. The Morgan fingerprint density at radius 3 is 2.20 bits per heavy atom. The fourth-order valence-corrected chi connectivity index (χ4v) is 2.49. The van der Waals surface area contributed by atoms with E-state index in [0.717, 1.165) is 16.7 Å². The van der Waals surface area contributed by atoms with Crippen molar-refractivity contribution in [1.82, 2.24) is 5.43 Å². The third-order valence-corrected chi connectivity index (χ3v) is 3.87. The number of amides is 1. The number of hydrogen-bond donors (Lipinski definition) is 1. The first-order valence-electron chi connectivity index (χ1n) is 8.53. The molecule has 0 saturated heterocycles. The van der Waals surface area contributed by atoms with E-state index < -0.39 is 6.10 Å². The van der Waals surface area contributed by atoms with Crippen LogP contribution in [-0.4, -0.2) is 18.2 Å². The van der Waals surface area contributed by atoms with Gasteiger partial charge in [-0.25, -0.2) is 5.43 Å². The van der Waals surface area contributed by atoms with Crippen molar-refractivity contribution < 1.29 is 9.53 Å². The Balaban J connectivity index is 1.90. The summed E-state index contributed by atoms with van der Waals surface area (Å²) in [6.07, 6.45) is 1.01. The Morgan fingerprint density at radius 1 is 1.04 bits per heavy atom. The number of carbonyl (C=O) groups excluding carboxylic acids is 1. The van der Waals surface area contributed by atoms with Gasteiger partial charge in [0.2, 0.25) is 0 Å². The van der Waals surface area contributed by atoms with Gasteiger partial charge < -0.3 is 4.74 Å². The van der Waals surface area contributed by atoms with Crippen LogP contribution < -0.4 is 10.2 Å². The van der Waals surface area contributed by atoms with Crippen molar-refractivity contribution in [3.63, 3.8) is 0 Å². The molecule has 0 bridgehead atoms. The van der Waals surface area contributed by atoms with Crippen molar-refractivity contribution >= 4 is 12.1 Å². The predicted octanol–water partition coefficient (Wildman–Crippen LogP) is 4.34. The van der Waals surface area contributed by atoms with Gasteiger partial charge in [-0.05, 0) is 61.1 Å². The monoisotopic (exact) mass is 338 g/mol. The van der Waals surface area contributed by atoms with Gasteiger partial charge in [-0.1, -0.05) is 44.2 Å². The normalized spacial score (nSPS) is 12.4. The molecule has 0 heterocycles. The summed E-state index contributed by atoms with van der Waals surface area (Å²) in [5.41, 5.74) is 6.94. The molecule has 25 heavy (non-hydrogen) atoms. The lowest BCUT2D eigenvalue weighted by Gasteiger charge is -2.14. The van der Waals surface area contributed by atoms with Crippen molar-refractivity contribution in [3.05, 3.63) is 64.7 Å². The largest absolute Gasteiger partial charge is 0.481 e. The topological polar surface area (TPSA) is 50.7 Å². The standard InChI is InChI=1S/C21H26N2O2/c1-14(2)19-8-6-18(7-9-19)13-22-23-21(24)17(5)25-20-11-15(3)10-16(4)12-20/h6-14,17H,1-5H3,(H,23,24). The highest BCUT2D eigenvalue weighted by molar-refractivity contribution is 5.84. The van der Waals surface area contributed by atoms with E-state index in [-0.39, 0.29) is 5.91 Å². The molecule has 1 unspecified atom stereocenters. The first-order valence-corrected chi connectivity index (χ1v) is 8.53. The fraction of sp³-hybridized carbons (Fsp3) is 0.333. The first kappa shape index (κ1) is 18.7. The fourth-order valence-electron chi connectivity index (χ4n) is 2.49. The van der Waals surface area contributed by atoms with Crippen LogP contribution in [0.4, 0.5) is 0 Å². The predicted molar refractivity (Wildman–Crippen MR) is 102 cm³/mol. The van der Waals surface area contributed by atoms with E-state index in [2.05, 4.69) is 42.6 Å². The van der Waals surface area contributed by atoms with Gasteiger partial charge in [-0.3, -0.25) is 4.79 Å². The summed E-state index contributed by atoms with van der Waals surface area (Å²) in [5, 5.41) is 4.01. The van der Waals surface area contributed by atoms with Crippen molar-refractivity contribution in [2.24, 2.45) is 5.10 Å². The highest BCUT2D eigenvalue weighted by atomic mass is 16.5. The van der Waals surface area contributed by atoms with Gasteiger partial charge in [0.15, 0.2) is 6.10 Å². The Kier molecular flexibility index (Phi) is 6.34. The molecule has 0 spiro atoms. The molecule has 1 amide bonds. The van der Waals surface area contributed by atoms with E-state index in [1.807, 2.05) is 38.1 Å². The molecule has 2 aromatic rings. The molecule has 1 N–H and O–H groups in total. The minimum absolute atomic E-state index is 0.283. The quantitative estimate of drug-likeness (QED) is 0.629. The number of ether oxygens (including phenoxy) is 1. The molecule has 0 aliphatic heterocycles. The third-order valence-electron chi connectivity index (χ3n) is 3.87. The summed E-state index contributed by atoms with van der Waals surface area (Å²) in [4.78, 5) is 12.1. The number of carbonyl (C=O) groups is 1. The van der Waals surface area contributed by atoms with E-state index in [1.54, 1.807) is 13.1 Å². The Bertz CT molecular complexity index is 729. The number of hydrogen-bond acceptors (Lipinski definition) is 3. The van der Waals surface area contributed by atoms with Crippen LogP contribution in [0.15, 0.2) is 47.6 Å². The van der Waals surface area contributed by atoms with Gasteiger partial charge in [0.25, 0.3) is 5.91 Å². The molecule has 4 nitrogen and oxygen atoms in total. The van der Waals surface area contributed by atoms with Gasteiger partial charge in [0, 0.05) is 0 Å². The van der Waals surface area contributed by atoms with Crippen molar-refractivity contribution in [3.8, 4) is 5.75 Å². The van der Waals surface area contributed by atoms with Crippen LogP contribution in [-0.2, 0) is 4.79 Å². The van der Waals surface area contributed by atoms with E-state index in [1.165, 1.54) is 5.56 Å². The second-order valence-electron chi connectivity index (χ2n) is 6.64. The van der Waals surface area contributed by atoms with Crippen molar-refractivity contribution in [1.29, 1.82) is 0 Å². The molecule has 0 aliphatic carbocycles. The maximum atomic E-state index is 12.1. The summed E-state index contributed by atoms with van der Waals surface area (Å²) in [6, 6.07) is 14.0. The lowest BCUT2D eigenvalue weighted by Crippen LogP contribution is -2.33. The summed E-state index contributed by atoms with van der Waals surface area (Å²) in [5.74, 6) is 0.900. The molecule has 2 aromatic carbocycles. The third kappa shape index (κ3) is 5.75. The Labute approximate surface area is 149 Å². The maximum absolute atomic E-state index is 12.1. The molecule has 132 valence electrons. The van der Waals surface area contributed by atoms with E-state index in [4.69, 9.17) is 4.74 Å². The lowest BCUT2D eigenvalue weighted by atomic mass is 10.0. The summed E-state index contributed by atoms with van der Waals surface area (Å²) in [6.45, 7) is 10.0. The van der Waals surface area contributed by atoms with Gasteiger partial charge >= 0.3 is 0 Å². The number of aryl methyl sites for hydroxylation is 2. The first-order chi connectivity index (χ1) is 11.8. The average molecular weight is 338 g/mol. The summed E-state index contributed by atoms with van der Waals surface area (Å²) < 4.78 is 5.70. The number of nitrogens with one attached hydrogen (secondary N) is 1. The number of rotatable bonds is 6. The van der Waals surface area contributed by atoms with Crippen molar-refractivity contribution in [2.75, 3.05) is 0 Å². The van der Waals surface area contributed by atoms with E-state index in [9.17, 15) is 4.79 Å². The SMILES string of the molecule is Cc1cc(C)cc(OC(C)C(=O)NN=Cc2ccc(C(C)C)cc2)c1. The van der Waals surface area contributed by atoms with Gasteiger partial charge in [-0.15, -0.1) is 0 Å². The molecule has 0 fully saturated rings. The molecular weight excluding hydrogens is 312 g/mol. The van der Waals surface area contributed by atoms with Crippen LogP contribution >= 0.6 is 0 Å². The van der Waals surface area contributed by atoms with Gasteiger partial charge in [-0.2, -0.15) is 5.10 Å². The Morgan fingerprint density at radius 2 is 1.64 bits per heavy atom.